The minimum Gasteiger partial charge on any atom is -0.324 e. The summed E-state index contributed by atoms with van der Waals surface area (Å²) in [6, 6.07) is 7.66. The number of nitrogens with two attached hydrogens (primary N) is 1. The highest BCUT2D eigenvalue weighted by Gasteiger charge is 1.97. The summed E-state index contributed by atoms with van der Waals surface area (Å²) in [4.78, 5) is 0. The molecule has 10 heavy (non-hydrogen) atoms. The van der Waals surface area contributed by atoms with Crippen molar-refractivity contribution < 1.29 is 0 Å². The van der Waals surface area contributed by atoms with Gasteiger partial charge in [-0.3, -0.25) is 0 Å². The molecule has 0 aliphatic heterocycles. The fraction of sp³-hybridized carbons (Fsp3) is 0.250. The standard InChI is InChI=1S/C8H10ClN/c1-6(10)7-3-2-4-8(9)5-7/h2-6H,10H2,1H3/t6-/m0/s1. The van der Waals surface area contributed by atoms with Gasteiger partial charge in [0, 0.05) is 11.1 Å². The van der Waals surface area contributed by atoms with Crippen molar-refractivity contribution in [3.63, 3.8) is 0 Å². The lowest BCUT2D eigenvalue weighted by atomic mass is 10.1. The van der Waals surface area contributed by atoms with Gasteiger partial charge in [-0.05, 0) is 24.6 Å². The molecular formula is C8H10ClN. The Balaban J connectivity index is 2.96. The lowest BCUT2D eigenvalue weighted by Gasteiger charge is -2.03. The van der Waals surface area contributed by atoms with E-state index < -0.39 is 0 Å². The SMILES string of the molecule is C[C@H](N)c1cccc(Cl)c1. The molecule has 0 bridgehead atoms. The molecule has 1 atom stereocenters. The zero-order valence-corrected chi connectivity index (χ0v) is 6.60. The highest BCUT2D eigenvalue weighted by molar-refractivity contribution is 6.30. The first kappa shape index (κ1) is 7.58. The third-order valence-corrected chi connectivity index (χ3v) is 1.61. The smallest absolute Gasteiger partial charge is 0.0409 e. The molecule has 1 nitrogen and oxygen atoms in total. The van der Waals surface area contributed by atoms with Crippen LogP contribution in [0.5, 0.6) is 0 Å². The van der Waals surface area contributed by atoms with Gasteiger partial charge in [-0.2, -0.15) is 0 Å². The molecule has 0 spiro atoms. The number of hydrogen-bond acceptors (Lipinski definition) is 1. The molecule has 0 amide bonds. The number of rotatable bonds is 1. The molecule has 0 unspecified atom stereocenters. The van der Waals surface area contributed by atoms with E-state index in [0.717, 1.165) is 10.6 Å². The van der Waals surface area contributed by atoms with Gasteiger partial charge in [-0.1, -0.05) is 23.7 Å². The summed E-state index contributed by atoms with van der Waals surface area (Å²) in [6.45, 7) is 1.94. The van der Waals surface area contributed by atoms with Crippen LogP contribution in [0.4, 0.5) is 0 Å². The summed E-state index contributed by atoms with van der Waals surface area (Å²) >= 11 is 5.73. The van der Waals surface area contributed by atoms with E-state index in [9.17, 15) is 0 Å². The Hall–Kier alpha value is -0.530. The second kappa shape index (κ2) is 3.04. The molecule has 0 radical (unpaired) electrons. The van der Waals surface area contributed by atoms with E-state index in [1.54, 1.807) is 0 Å². The summed E-state index contributed by atoms with van der Waals surface area (Å²) in [6.07, 6.45) is 0. The van der Waals surface area contributed by atoms with Crippen molar-refractivity contribution >= 4 is 11.6 Å². The predicted octanol–water partition coefficient (Wildman–Crippen LogP) is 2.36. The van der Waals surface area contributed by atoms with Gasteiger partial charge >= 0.3 is 0 Å². The van der Waals surface area contributed by atoms with Gasteiger partial charge in [0.25, 0.3) is 0 Å². The van der Waals surface area contributed by atoms with Crippen LogP contribution in [-0.4, -0.2) is 0 Å². The minimum absolute atomic E-state index is 0.0682. The van der Waals surface area contributed by atoms with Gasteiger partial charge < -0.3 is 5.73 Å². The van der Waals surface area contributed by atoms with E-state index >= 15 is 0 Å². The van der Waals surface area contributed by atoms with Crippen LogP contribution in [0.25, 0.3) is 0 Å². The zero-order valence-electron chi connectivity index (χ0n) is 5.84. The number of hydrogen-bond donors (Lipinski definition) is 1. The second-order valence-corrected chi connectivity index (χ2v) is 2.78. The Morgan fingerprint density at radius 3 is 2.60 bits per heavy atom. The van der Waals surface area contributed by atoms with E-state index in [1.807, 2.05) is 31.2 Å². The molecule has 0 saturated carbocycles. The Morgan fingerprint density at radius 1 is 1.50 bits per heavy atom. The van der Waals surface area contributed by atoms with Crippen molar-refractivity contribution in [3.05, 3.63) is 34.9 Å². The summed E-state index contributed by atoms with van der Waals surface area (Å²) in [5.41, 5.74) is 6.70. The maximum absolute atomic E-state index is 5.73. The Morgan fingerprint density at radius 2 is 2.20 bits per heavy atom. The van der Waals surface area contributed by atoms with Crippen molar-refractivity contribution in [2.45, 2.75) is 13.0 Å². The molecule has 0 heterocycles. The monoisotopic (exact) mass is 155 g/mol. The highest BCUT2D eigenvalue weighted by atomic mass is 35.5. The first-order valence-corrected chi connectivity index (χ1v) is 3.59. The molecule has 0 saturated heterocycles. The third-order valence-electron chi connectivity index (χ3n) is 1.37. The Kier molecular flexibility index (Phi) is 2.30. The van der Waals surface area contributed by atoms with Crippen molar-refractivity contribution in [3.8, 4) is 0 Å². The minimum atomic E-state index is 0.0682. The molecule has 0 fully saturated rings. The molecule has 0 aromatic heterocycles. The average Bonchev–Trinajstić information content (AvgIpc) is 1.88. The normalized spacial score (nSPS) is 13.1. The summed E-state index contributed by atoms with van der Waals surface area (Å²) < 4.78 is 0. The first-order chi connectivity index (χ1) is 4.70. The van der Waals surface area contributed by atoms with Crippen LogP contribution in [0.1, 0.15) is 18.5 Å². The average molecular weight is 156 g/mol. The van der Waals surface area contributed by atoms with Gasteiger partial charge in [-0.15, -0.1) is 0 Å². The van der Waals surface area contributed by atoms with E-state index in [2.05, 4.69) is 0 Å². The van der Waals surface area contributed by atoms with Gasteiger partial charge in [0.1, 0.15) is 0 Å². The molecule has 0 aliphatic carbocycles. The van der Waals surface area contributed by atoms with Crippen molar-refractivity contribution in [1.82, 2.24) is 0 Å². The van der Waals surface area contributed by atoms with E-state index in [1.165, 1.54) is 0 Å². The van der Waals surface area contributed by atoms with Gasteiger partial charge in [-0.25, -0.2) is 0 Å². The van der Waals surface area contributed by atoms with E-state index in [4.69, 9.17) is 17.3 Å². The van der Waals surface area contributed by atoms with Gasteiger partial charge in [0.05, 0.1) is 0 Å². The van der Waals surface area contributed by atoms with Gasteiger partial charge in [0.15, 0.2) is 0 Å². The first-order valence-electron chi connectivity index (χ1n) is 3.21. The maximum Gasteiger partial charge on any atom is 0.0409 e. The summed E-state index contributed by atoms with van der Waals surface area (Å²) in [5, 5.41) is 0.745. The van der Waals surface area contributed by atoms with Gasteiger partial charge in [0.2, 0.25) is 0 Å². The molecule has 2 N–H and O–H groups in total. The predicted molar refractivity (Wildman–Crippen MR) is 44.1 cm³/mol. The molecule has 2 heteroatoms. The third kappa shape index (κ3) is 1.72. The molecular weight excluding hydrogens is 146 g/mol. The molecule has 1 aromatic rings. The summed E-state index contributed by atoms with van der Waals surface area (Å²) in [5.74, 6) is 0. The van der Waals surface area contributed by atoms with Crippen LogP contribution in [0.2, 0.25) is 5.02 Å². The number of benzene rings is 1. The van der Waals surface area contributed by atoms with Crippen LogP contribution < -0.4 is 5.73 Å². The fourth-order valence-corrected chi connectivity index (χ4v) is 0.989. The van der Waals surface area contributed by atoms with E-state index in [0.29, 0.717) is 0 Å². The molecule has 0 aliphatic rings. The van der Waals surface area contributed by atoms with E-state index in [-0.39, 0.29) is 6.04 Å². The Bertz CT molecular complexity index is 220. The van der Waals surface area contributed by atoms with Crippen molar-refractivity contribution in [2.24, 2.45) is 5.73 Å². The Labute approximate surface area is 65.8 Å². The van der Waals surface area contributed by atoms with Crippen LogP contribution in [0, 0.1) is 0 Å². The molecule has 1 aromatic carbocycles. The lowest BCUT2D eigenvalue weighted by molar-refractivity contribution is 0.818. The molecule has 54 valence electrons. The van der Waals surface area contributed by atoms with Crippen molar-refractivity contribution in [2.75, 3.05) is 0 Å². The lowest BCUT2D eigenvalue weighted by Crippen LogP contribution is -2.04. The number of halogens is 1. The van der Waals surface area contributed by atoms with Crippen LogP contribution in [0.3, 0.4) is 0 Å². The van der Waals surface area contributed by atoms with Crippen LogP contribution in [0.15, 0.2) is 24.3 Å². The van der Waals surface area contributed by atoms with Crippen LogP contribution in [-0.2, 0) is 0 Å². The largest absolute Gasteiger partial charge is 0.324 e. The molecule has 1 rings (SSSR count). The maximum atomic E-state index is 5.73. The summed E-state index contributed by atoms with van der Waals surface area (Å²) in [7, 11) is 0. The van der Waals surface area contributed by atoms with Crippen LogP contribution >= 0.6 is 11.6 Å². The fourth-order valence-electron chi connectivity index (χ4n) is 0.790. The topological polar surface area (TPSA) is 26.0 Å². The van der Waals surface area contributed by atoms with Crippen molar-refractivity contribution in [1.29, 1.82) is 0 Å². The zero-order chi connectivity index (χ0) is 7.56. The second-order valence-electron chi connectivity index (χ2n) is 2.34. The highest BCUT2D eigenvalue weighted by Crippen LogP contribution is 2.14. The quantitative estimate of drug-likeness (QED) is 0.662.